The summed E-state index contributed by atoms with van der Waals surface area (Å²) in [5, 5.41) is 2.80. The van der Waals surface area contributed by atoms with Crippen LogP contribution < -0.4 is 10.1 Å². The number of ether oxygens (including phenoxy) is 1. The summed E-state index contributed by atoms with van der Waals surface area (Å²) in [6.45, 7) is 3.40. The van der Waals surface area contributed by atoms with E-state index in [0.29, 0.717) is 19.0 Å². The molecule has 40 heavy (non-hydrogen) atoms. The Bertz CT molecular complexity index is 1520. The Morgan fingerprint density at radius 3 is 2.33 bits per heavy atom. The highest BCUT2D eigenvalue weighted by atomic mass is 19.1. The van der Waals surface area contributed by atoms with E-state index in [1.165, 1.54) is 18.4 Å². The van der Waals surface area contributed by atoms with Crippen molar-refractivity contribution in [2.24, 2.45) is 0 Å². The quantitative estimate of drug-likeness (QED) is 0.192. The summed E-state index contributed by atoms with van der Waals surface area (Å²) in [5.74, 6) is 1.30. The van der Waals surface area contributed by atoms with Gasteiger partial charge in [-0.25, -0.2) is 9.37 Å². The van der Waals surface area contributed by atoms with Crippen molar-refractivity contribution in [2.75, 3.05) is 0 Å². The number of benzene rings is 4. The molecule has 7 heteroatoms. The van der Waals surface area contributed by atoms with Crippen LogP contribution in [0, 0.1) is 5.82 Å². The standard InChI is InChI=1S/C33H30FN3O3/c1-24(27-10-4-2-5-11-27)37(21-26-9-8-14-30(19-26)40-29-12-6-3-7-13-29)22-32-36-31(23-39-32)33(38)35-20-25-15-17-28(34)18-16-25/h2-19,23-24H,20-22H2,1H3,(H,35,38)/t24-/m0/s1. The van der Waals surface area contributed by atoms with E-state index in [1.807, 2.05) is 66.7 Å². The lowest BCUT2D eigenvalue weighted by molar-refractivity contribution is 0.0945. The minimum atomic E-state index is -0.354. The van der Waals surface area contributed by atoms with E-state index < -0.39 is 0 Å². The number of carbonyl (C=O) groups is 1. The summed E-state index contributed by atoms with van der Waals surface area (Å²) >= 11 is 0. The van der Waals surface area contributed by atoms with E-state index in [0.717, 1.165) is 28.2 Å². The molecule has 0 saturated carbocycles. The fraction of sp³-hybridized carbons (Fsp3) is 0.152. The number of para-hydroxylation sites is 1. The molecular formula is C33H30FN3O3. The van der Waals surface area contributed by atoms with Crippen LogP contribution in [0.3, 0.4) is 0 Å². The maximum Gasteiger partial charge on any atom is 0.273 e. The van der Waals surface area contributed by atoms with Gasteiger partial charge in [-0.1, -0.05) is 72.8 Å². The molecule has 0 fully saturated rings. The molecule has 1 N–H and O–H groups in total. The van der Waals surface area contributed by atoms with Gasteiger partial charge in [0.05, 0.1) is 6.54 Å². The Hall–Kier alpha value is -4.75. The van der Waals surface area contributed by atoms with Crippen molar-refractivity contribution in [1.82, 2.24) is 15.2 Å². The largest absolute Gasteiger partial charge is 0.457 e. The first-order valence-electron chi connectivity index (χ1n) is 13.1. The lowest BCUT2D eigenvalue weighted by Gasteiger charge is -2.28. The van der Waals surface area contributed by atoms with Gasteiger partial charge in [0.15, 0.2) is 5.69 Å². The summed E-state index contributed by atoms with van der Waals surface area (Å²) in [7, 11) is 0. The smallest absolute Gasteiger partial charge is 0.273 e. The van der Waals surface area contributed by atoms with Crippen LogP contribution >= 0.6 is 0 Å². The number of nitrogens with one attached hydrogen (secondary N) is 1. The second-order valence-electron chi connectivity index (χ2n) is 9.49. The second kappa shape index (κ2) is 12.9. The van der Waals surface area contributed by atoms with E-state index in [4.69, 9.17) is 9.15 Å². The molecule has 1 aromatic heterocycles. The van der Waals surface area contributed by atoms with Crippen LogP contribution in [0.4, 0.5) is 4.39 Å². The molecule has 0 spiro atoms. The third kappa shape index (κ3) is 7.21. The molecule has 1 atom stereocenters. The van der Waals surface area contributed by atoms with Gasteiger partial charge in [0.2, 0.25) is 5.89 Å². The summed E-state index contributed by atoms with van der Waals surface area (Å²) in [4.78, 5) is 19.4. The number of hydrogen-bond donors (Lipinski definition) is 1. The molecule has 0 aliphatic rings. The van der Waals surface area contributed by atoms with Crippen LogP contribution in [0.1, 0.15) is 46.0 Å². The van der Waals surface area contributed by atoms with E-state index in [2.05, 4.69) is 40.3 Å². The van der Waals surface area contributed by atoms with Crippen LogP contribution in [-0.4, -0.2) is 15.8 Å². The monoisotopic (exact) mass is 535 g/mol. The minimum Gasteiger partial charge on any atom is -0.457 e. The Labute approximate surface area is 233 Å². The highest BCUT2D eigenvalue weighted by molar-refractivity contribution is 5.91. The lowest BCUT2D eigenvalue weighted by Crippen LogP contribution is -2.27. The molecule has 5 rings (SSSR count). The zero-order valence-electron chi connectivity index (χ0n) is 22.2. The van der Waals surface area contributed by atoms with Gasteiger partial charge in [-0.15, -0.1) is 0 Å². The van der Waals surface area contributed by atoms with E-state index >= 15 is 0 Å². The van der Waals surface area contributed by atoms with Crippen LogP contribution in [0.25, 0.3) is 0 Å². The molecule has 1 heterocycles. The SMILES string of the molecule is C[C@@H](c1ccccc1)N(Cc1cccc(Oc2ccccc2)c1)Cc1nc(C(=O)NCc2ccc(F)cc2)co1. The first-order chi connectivity index (χ1) is 19.5. The van der Waals surface area contributed by atoms with Crippen LogP contribution in [0.2, 0.25) is 0 Å². The minimum absolute atomic E-state index is 0.0440. The van der Waals surface area contributed by atoms with Gasteiger partial charge in [-0.2, -0.15) is 0 Å². The zero-order chi connectivity index (χ0) is 27.7. The van der Waals surface area contributed by atoms with Gasteiger partial charge in [0.1, 0.15) is 23.6 Å². The lowest BCUT2D eigenvalue weighted by atomic mass is 10.1. The number of oxazole rings is 1. The predicted octanol–water partition coefficient (Wildman–Crippen LogP) is 7.30. The van der Waals surface area contributed by atoms with E-state index in [-0.39, 0.29) is 30.0 Å². The third-order valence-electron chi connectivity index (χ3n) is 6.58. The first kappa shape index (κ1) is 26.8. The normalized spacial score (nSPS) is 11.8. The van der Waals surface area contributed by atoms with Crippen molar-refractivity contribution in [3.63, 3.8) is 0 Å². The molecule has 5 aromatic rings. The maximum atomic E-state index is 13.1. The highest BCUT2D eigenvalue weighted by Gasteiger charge is 2.21. The van der Waals surface area contributed by atoms with Gasteiger partial charge in [-0.05, 0) is 60.0 Å². The van der Waals surface area contributed by atoms with Gasteiger partial charge >= 0.3 is 0 Å². The fourth-order valence-electron chi connectivity index (χ4n) is 4.38. The molecule has 1 amide bonds. The number of aromatic nitrogens is 1. The number of amides is 1. The Morgan fingerprint density at radius 2 is 1.57 bits per heavy atom. The average Bonchev–Trinajstić information content (AvgIpc) is 3.46. The summed E-state index contributed by atoms with van der Waals surface area (Å²) in [5.41, 5.74) is 3.21. The Kier molecular flexibility index (Phi) is 8.63. The Balaban J connectivity index is 1.30. The number of carbonyl (C=O) groups excluding carboxylic acids is 1. The number of halogens is 1. The number of nitrogens with zero attached hydrogens (tertiary/aromatic N) is 2. The van der Waals surface area contributed by atoms with Crippen molar-refractivity contribution >= 4 is 5.91 Å². The first-order valence-corrected chi connectivity index (χ1v) is 13.1. The van der Waals surface area contributed by atoms with Crippen molar-refractivity contribution < 1.29 is 18.3 Å². The third-order valence-corrected chi connectivity index (χ3v) is 6.58. The molecule has 0 bridgehead atoms. The molecule has 0 unspecified atom stereocenters. The van der Waals surface area contributed by atoms with E-state index in [9.17, 15) is 9.18 Å². The highest BCUT2D eigenvalue weighted by Crippen LogP contribution is 2.27. The zero-order valence-corrected chi connectivity index (χ0v) is 22.2. The number of hydrogen-bond acceptors (Lipinski definition) is 5. The predicted molar refractivity (Wildman–Crippen MR) is 151 cm³/mol. The topological polar surface area (TPSA) is 67.6 Å². The molecule has 6 nitrogen and oxygen atoms in total. The van der Waals surface area contributed by atoms with Crippen molar-refractivity contribution in [2.45, 2.75) is 32.6 Å². The summed E-state index contributed by atoms with van der Waals surface area (Å²) in [6, 6.07) is 33.9. The second-order valence-corrected chi connectivity index (χ2v) is 9.49. The van der Waals surface area contributed by atoms with Crippen LogP contribution in [0.15, 0.2) is 120 Å². The maximum absolute atomic E-state index is 13.1. The molecule has 0 aliphatic heterocycles. The molecule has 4 aromatic carbocycles. The van der Waals surface area contributed by atoms with Crippen LogP contribution in [0.5, 0.6) is 11.5 Å². The van der Waals surface area contributed by atoms with Crippen molar-refractivity contribution in [3.05, 3.63) is 150 Å². The van der Waals surface area contributed by atoms with Gasteiger partial charge in [-0.3, -0.25) is 9.69 Å². The molecular weight excluding hydrogens is 505 g/mol. The molecule has 0 saturated heterocycles. The van der Waals surface area contributed by atoms with Gasteiger partial charge < -0.3 is 14.5 Å². The van der Waals surface area contributed by atoms with Gasteiger partial charge in [0, 0.05) is 19.1 Å². The molecule has 0 aliphatic carbocycles. The summed E-state index contributed by atoms with van der Waals surface area (Å²) < 4.78 is 24.9. The number of rotatable bonds is 11. The molecule has 0 radical (unpaired) electrons. The van der Waals surface area contributed by atoms with E-state index in [1.54, 1.807) is 12.1 Å². The average molecular weight is 536 g/mol. The summed E-state index contributed by atoms with van der Waals surface area (Å²) in [6.07, 6.45) is 1.37. The van der Waals surface area contributed by atoms with Crippen molar-refractivity contribution in [1.29, 1.82) is 0 Å². The Morgan fingerprint density at radius 1 is 0.875 bits per heavy atom. The van der Waals surface area contributed by atoms with Gasteiger partial charge in [0.25, 0.3) is 5.91 Å². The molecule has 202 valence electrons. The van der Waals surface area contributed by atoms with Crippen molar-refractivity contribution in [3.8, 4) is 11.5 Å². The fourth-order valence-corrected chi connectivity index (χ4v) is 4.38. The van der Waals surface area contributed by atoms with Crippen LogP contribution in [-0.2, 0) is 19.6 Å².